The standard InChI is InChI=1S/C15H12BrN3O2/c1-8-12(7-19(2)18-8)14-6-11(15(20)21)10-5-9(16)3-4-13(10)17-14/h3-7H,1-2H3,(H,20,21). The molecule has 1 N–H and O–H groups in total. The first-order valence-corrected chi connectivity index (χ1v) is 7.09. The van der Waals surface area contributed by atoms with Gasteiger partial charge in [-0.25, -0.2) is 9.78 Å². The normalized spacial score (nSPS) is 11.0. The Morgan fingerprint density at radius 3 is 2.71 bits per heavy atom. The lowest BCUT2D eigenvalue weighted by atomic mass is 10.0. The molecule has 0 amide bonds. The number of aromatic nitrogens is 3. The minimum Gasteiger partial charge on any atom is -0.478 e. The quantitative estimate of drug-likeness (QED) is 0.772. The average molecular weight is 346 g/mol. The number of hydrogen-bond donors (Lipinski definition) is 1. The smallest absolute Gasteiger partial charge is 0.336 e. The van der Waals surface area contributed by atoms with Crippen LogP contribution in [0.25, 0.3) is 22.2 Å². The first kappa shape index (κ1) is 13.8. The maximum absolute atomic E-state index is 11.5. The van der Waals surface area contributed by atoms with Crippen molar-refractivity contribution >= 4 is 32.8 Å². The van der Waals surface area contributed by atoms with Crippen molar-refractivity contribution in [1.29, 1.82) is 0 Å². The van der Waals surface area contributed by atoms with Gasteiger partial charge in [-0.3, -0.25) is 4.68 Å². The number of nitrogens with zero attached hydrogens (tertiary/aromatic N) is 3. The molecule has 3 aromatic rings. The molecule has 3 rings (SSSR count). The van der Waals surface area contributed by atoms with Crippen molar-refractivity contribution < 1.29 is 9.90 Å². The van der Waals surface area contributed by atoms with Gasteiger partial charge in [0.15, 0.2) is 0 Å². The molecule has 0 radical (unpaired) electrons. The summed E-state index contributed by atoms with van der Waals surface area (Å²) in [4.78, 5) is 16.1. The van der Waals surface area contributed by atoms with Crippen LogP contribution < -0.4 is 0 Å². The minimum atomic E-state index is -0.969. The number of carboxylic acids is 1. The van der Waals surface area contributed by atoms with Gasteiger partial charge in [0.25, 0.3) is 0 Å². The molecule has 0 aliphatic rings. The van der Waals surface area contributed by atoms with Crippen molar-refractivity contribution in [3.63, 3.8) is 0 Å². The van der Waals surface area contributed by atoms with E-state index in [1.165, 1.54) is 0 Å². The highest BCUT2D eigenvalue weighted by atomic mass is 79.9. The molecule has 2 aromatic heterocycles. The highest BCUT2D eigenvalue weighted by Gasteiger charge is 2.15. The highest BCUT2D eigenvalue weighted by Crippen LogP contribution is 2.28. The van der Waals surface area contributed by atoms with Gasteiger partial charge in [-0.2, -0.15) is 5.10 Å². The average Bonchev–Trinajstić information content (AvgIpc) is 2.76. The molecular formula is C15H12BrN3O2. The fraction of sp³-hybridized carbons (Fsp3) is 0.133. The van der Waals surface area contributed by atoms with Crippen molar-refractivity contribution in [2.24, 2.45) is 7.05 Å². The third-order valence-corrected chi connectivity index (χ3v) is 3.78. The molecule has 0 saturated heterocycles. The van der Waals surface area contributed by atoms with Crippen LogP contribution in [0.2, 0.25) is 0 Å². The second-order valence-corrected chi connectivity index (χ2v) is 5.74. The molecule has 0 spiro atoms. The Hall–Kier alpha value is -2.21. The van der Waals surface area contributed by atoms with E-state index in [1.54, 1.807) is 22.9 Å². The van der Waals surface area contributed by atoms with Crippen molar-refractivity contribution in [2.75, 3.05) is 0 Å². The van der Waals surface area contributed by atoms with Crippen LogP contribution in [-0.2, 0) is 7.05 Å². The number of halogens is 1. The first-order valence-electron chi connectivity index (χ1n) is 6.30. The van der Waals surface area contributed by atoms with Crippen molar-refractivity contribution in [3.8, 4) is 11.3 Å². The van der Waals surface area contributed by atoms with Gasteiger partial charge >= 0.3 is 5.97 Å². The number of aryl methyl sites for hydroxylation is 2. The minimum absolute atomic E-state index is 0.236. The summed E-state index contributed by atoms with van der Waals surface area (Å²) in [6, 6.07) is 7.02. The number of hydrogen-bond acceptors (Lipinski definition) is 3. The first-order chi connectivity index (χ1) is 9.95. The molecule has 5 nitrogen and oxygen atoms in total. The predicted molar refractivity (Wildman–Crippen MR) is 83.3 cm³/mol. The lowest BCUT2D eigenvalue weighted by molar-refractivity contribution is 0.0699. The van der Waals surface area contributed by atoms with Crippen molar-refractivity contribution in [1.82, 2.24) is 14.8 Å². The van der Waals surface area contributed by atoms with Crippen LogP contribution in [0, 0.1) is 6.92 Å². The summed E-state index contributed by atoms with van der Waals surface area (Å²) < 4.78 is 2.52. The molecular weight excluding hydrogens is 334 g/mol. The monoisotopic (exact) mass is 345 g/mol. The zero-order valence-electron chi connectivity index (χ0n) is 11.5. The molecule has 0 bridgehead atoms. The fourth-order valence-electron chi connectivity index (χ4n) is 2.36. The van der Waals surface area contributed by atoms with Gasteiger partial charge in [-0.1, -0.05) is 15.9 Å². The Bertz CT molecular complexity index is 871. The van der Waals surface area contributed by atoms with Crippen LogP contribution in [-0.4, -0.2) is 25.8 Å². The van der Waals surface area contributed by atoms with Crippen LogP contribution in [0.5, 0.6) is 0 Å². The highest BCUT2D eigenvalue weighted by molar-refractivity contribution is 9.10. The summed E-state index contributed by atoms with van der Waals surface area (Å²) in [5.41, 5.74) is 3.16. The maximum atomic E-state index is 11.5. The summed E-state index contributed by atoms with van der Waals surface area (Å²) in [5.74, 6) is -0.969. The lowest BCUT2D eigenvalue weighted by Crippen LogP contribution is -2.00. The van der Waals surface area contributed by atoms with Gasteiger partial charge < -0.3 is 5.11 Å². The van der Waals surface area contributed by atoms with E-state index >= 15 is 0 Å². The van der Waals surface area contributed by atoms with Crippen molar-refractivity contribution in [2.45, 2.75) is 6.92 Å². The number of aromatic carboxylic acids is 1. The van der Waals surface area contributed by atoms with Gasteiger partial charge in [0.05, 0.1) is 22.5 Å². The lowest BCUT2D eigenvalue weighted by Gasteiger charge is -2.07. The Kier molecular flexibility index (Phi) is 3.25. The molecule has 0 atom stereocenters. The van der Waals surface area contributed by atoms with Gasteiger partial charge in [-0.15, -0.1) is 0 Å². The van der Waals surface area contributed by atoms with Crippen LogP contribution in [0.1, 0.15) is 16.1 Å². The molecule has 1 aromatic carbocycles. The molecule has 6 heteroatoms. The summed E-state index contributed by atoms with van der Waals surface area (Å²) in [6.07, 6.45) is 1.84. The second kappa shape index (κ2) is 4.96. The predicted octanol–water partition coefficient (Wildman–Crippen LogP) is 3.40. The van der Waals surface area contributed by atoms with Crippen LogP contribution >= 0.6 is 15.9 Å². The van der Waals surface area contributed by atoms with E-state index < -0.39 is 5.97 Å². The van der Waals surface area contributed by atoms with E-state index in [1.807, 2.05) is 26.2 Å². The zero-order valence-corrected chi connectivity index (χ0v) is 13.0. The van der Waals surface area contributed by atoms with Gasteiger partial charge in [0, 0.05) is 28.7 Å². The fourth-order valence-corrected chi connectivity index (χ4v) is 2.73. The molecule has 0 aliphatic heterocycles. The molecule has 0 unspecified atom stereocenters. The Labute approximate surface area is 129 Å². The Morgan fingerprint density at radius 2 is 2.10 bits per heavy atom. The second-order valence-electron chi connectivity index (χ2n) is 4.82. The molecule has 21 heavy (non-hydrogen) atoms. The summed E-state index contributed by atoms with van der Waals surface area (Å²) in [6.45, 7) is 1.88. The number of carbonyl (C=O) groups is 1. The Balaban J connectivity index is 2.33. The van der Waals surface area contributed by atoms with E-state index in [-0.39, 0.29) is 5.56 Å². The third-order valence-electron chi connectivity index (χ3n) is 3.29. The summed E-state index contributed by atoms with van der Waals surface area (Å²) >= 11 is 3.36. The number of benzene rings is 1. The van der Waals surface area contributed by atoms with Crippen molar-refractivity contribution in [3.05, 3.63) is 46.2 Å². The SMILES string of the molecule is Cc1nn(C)cc1-c1cc(C(=O)O)c2cc(Br)ccc2n1. The number of carboxylic acid groups (broad SMARTS) is 1. The molecule has 0 saturated carbocycles. The van der Waals surface area contributed by atoms with E-state index in [9.17, 15) is 9.90 Å². The van der Waals surface area contributed by atoms with Gasteiger partial charge in [-0.05, 0) is 31.2 Å². The van der Waals surface area contributed by atoms with Crippen LogP contribution in [0.15, 0.2) is 34.9 Å². The summed E-state index contributed by atoms with van der Waals surface area (Å²) in [7, 11) is 1.83. The molecule has 0 fully saturated rings. The topological polar surface area (TPSA) is 68.0 Å². The number of fused-ring (bicyclic) bond motifs is 1. The molecule has 0 aliphatic carbocycles. The number of pyridine rings is 1. The van der Waals surface area contributed by atoms with Crippen LogP contribution in [0.3, 0.4) is 0 Å². The van der Waals surface area contributed by atoms with E-state index in [0.29, 0.717) is 16.6 Å². The zero-order chi connectivity index (χ0) is 15.1. The van der Waals surface area contributed by atoms with Gasteiger partial charge in [0.2, 0.25) is 0 Å². The largest absolute Gasteiger partial charge is 0.478 e. The van der Waals surface area contributed by atoms with E-state index in [4.69, 9.17) is 0 Å². The summed E-state index contributed by atoms with van der Waals surface area (Å²) in [5, 5.41) is 14.3. The van der Waals surface area contributed by atoms with Gasteiger partial charge in [0.1, 0.15) is 0 Å². The number of rotatable bonds is 2. The van der Waals surface area contributed by atoms with E-state index in [2.05, 4.69) is 26.0 Å². The third kappa shape index (κ3) is 2.42. The maximum Gasteiger partial charge on any atom is 0.336 e. The van der Waals surface area contributed by atoms with Crippen LogP contribution in [0.4, 0.5) is 0 Å². The molecule has 106 valence electrons. The van der Waals surface area contributed by atoms with E-state index in [0.717, 1.165) is 15.7 Å². The Morgan fingerprint density at radius 1 is 1.33 bits per heavy atom. The molecule has 2 heterocycles.